The Morgan fingerprint density at radius 1 is 1.35 bits per heavy atom. The van der Waals surface area contributed by atoms with Gasteiger partial charge >= 0.3 is 6.18 Å². The Bertz CT molecular complexity index is 378. The van der Waals surface area contributed by atoms with E-state index >= 15 is 0 Å². The van der Waals surface area contributed by atoms with Crippen molar-refractivity contribution in [3.05, 3.63) is 35.1 Å². The molecular weight excluding hydrogens is 238 g/mol. The first-order valence-corrected chi connectivity index (χ1v) is 5.11. The quantitative estimate of drug-likeness (QED) is 0.806. The van der Waals surface area contributed by atoms with Gasteiger partial charge < -0.3 is 10.4 Å². The topological polar surface area (TPSA) is 32.3 Å². The number of rotatable bonds is 4. The van der Waals surface area contributed by atoms with Crippen molar-refractivity contribution >= 4 is 0 Å². The highest BCUT2D eigenvalue weighted by molar-refractivity contribution is 5.28. The first-order chi connectivity index (χ1) is 7.86. The van der Waals surface area contributed by atoms with Crippen molar-refractivity contribution in [3.8, 4) is 0 Å². The third-order valence-electron chi connectivity index (χ3n) is 2.27. The molecule has 0 bridgehead atoms. The minimum atomic E-state index is -4.71. The number of aliphatic hydroxyl groups excluding tert-OH is 1. The molecule has 2 N–H and O–H groups in total. The van der Waals surface area contributed by atoms with Gasteiger partial charge in [0.05, 0.1) is 11.7 Å². The fourth-order valence-corrected chi connectivity index (χ4v) is 1.37. The van der Waals surface area contributed by atoms with Gasteiger partial charge in [0.25, 0.3) is 0 Å². The van der Waals surface area contributed by atoms with Gasteiger partial charge in [-0.05, 0) is 24.2 Å². The van der Waals surface area contributed by atoms with Gasteiger partial charge in [-0.3, -0.25) is 0 Å². The van der Waals surface area contributed by atoms with Crippen LogP contribution in [0.5, 0.6) is 0 Å². The average Bonchev–Trinajstić information content (AvgIpc) is 2.23. The molecule has 0 fully saturated rings. The molecule has 1 aromatic rings. The molecule has 6 heteroatoms. The van der Waals surface area contributed by atoms with Crippen LogP contribution in [0.4, 0.5) is 17.6 Å². The lowest BCUT2D eigenvalue weighted by Crippen LogP contribution is -2.21. The van der Waals surface area contributed by atoms with Crippen molar-refractivity contribution in [1.82, 2.24) is 5.32 Å². The van der Waals surface area contributed by atoms with Gasteiger partial charge in [0, 0.05) is 6.54 Å². The molecule has 0 aromatic heterocycles. The molecule has 0 heterocycles. The first kappa shape index (κ1) is 13.9. The molecule has 17 heavy (non-hydrogen) atoms. The zero-order chi connectivity index (χ0) is 13.1. The summed E-state index contributed by atoms with van der Waals surface area (Å²) in [6, 6.07) is 2.43. The van der Waals surface area contributed by atoms with Crippen molar-refractivity contribution < 1.29 is 22.7 Å². The number of nitrogens with one attached hydrogen (secondary N) is 1. The van der Waals surface area contributed by atoms with Gasteiger partial charge in [-0.1, -0.05) is 13.0 Å². The summed E-state index contributed by atoms with van der Waals surface area (Å²) in [5, 5.41) is 12.4. The summed E-state index contributed by atoms with van der Waals surface area (Å²) in [5.74, 6) is -1.37. The van der Waals surface area contributed by atoms with E-state index in [0.717, 1.165) is 6.07 Å². The second kappa shape index (κ2) is 5.46. The van der Waals surface area contributed by atoms with Gasteiger partial charge in [-0.2, -0.15) is 13.2 Å². The van der Waals surface area contributed by atoms with Gasteiger partial charge in [-0.15, -0.1) is 0 Å². The first-order valence-electron chi connectivity index (χ1n) is 5.11. The Morgan fingerprint density at radius 2 is 2.00 bits per heavy atom. The standard InChI is InChI=1S/C11H13F4NO/c1-2-16-6-10(17)7-3-4-8(9(12)5-7)11(13,14)15/h3-5,10,16-17H,2,6H2,1H3. The van der Waals surface area contributed by atoms with Gasteiger partial charge in [0.1, 0.15) is 5.82 Å². The Hall–Kier alpha value is -1.14. The van der Waals surface area contributed by atoms with Crippen LogP contribution in [0.25, 0.3) is 0 Å². The van der Waals surface area contributed by atoms with E-state index in [1.54, 1.807) is 0 Å². The lowest BCUT2D eigenvalue weighted by atomic mass is 10.1. The maximum absolute atomic E-state index is 13.2. The number of likely N-dealkylation sites (N-methyl/N-ethyl adjacent to an activating group) is 1. The highest BCUT2D eigenvalue weighted by Crippen LogP contribution is 2.32. The molecule has 1 atom stereocenters. The summed E-state index contributed by atoms with van der Waals surface area (Å²) in [6.45, 7) is 2.60. The van der Waals surface area contributed by atoms with E-state index in [1.165, 1.54) is 0 Å². The van der Waals surface area contributed by atoms with E-state index in [4.69, 9.17) is 0 Å². The van der Waals surface area contributed by atoms with E-state index in [9.17, 15) is 22.7 Å². The zero-order valence-corrected chi connectivity index (χ0v) is 9.18. The molecule has 0 saturated carbocycles. The third-order valence-corrected chi connectivity index (χ3v) is 2.27. The Kier molecular flexibility index (Phi) is 4.47. The third kappa shape index (κ3) is 3.67. The van der Waals surface area contributed by atoms with E-state index in [0.29, 0.717) is 18.7 Å². The molecule has 2 nitrogen and oxygen atoms in total. The zero-order valence-electron chi connectivity index (χ0n) is 9.18. The Balaban J connectivity index is 2.89. The molecule has 1 unspecified atom stereocenters. The largest absolute Gasteiger partial charge is 0.419 e. The lowest BCUT2D eigenvalue weighted by Gasteiger charge is -2.13. The summed E-state index contributed by atoms with van der Waals surface area (Å²) in [6.07, 6.45) is -5.73. The Labute approximate surface area is 96.3 Å². The summed E-state index contributed by atoms with van der Waals surface area (Å²) in [4.78, 5) is 0. The highest BCUT2D eigenvalue weighted by atomic mass is 19.4. The van der Waals surface area contributed by atoms with Gasteiger partial charge in [0.2, 0.25) is 0 Å². The minimum absolute atomic E-state index is 0.122. The Morgan fingerprint density at radius 3 is 2.47 bits per heavy atom. The van der Waals surface area contributed by atoms with Gasteiger partial charge in [0.15, 0.2) is 0 Å². The maximum atomic E-state index is 13.2. The molecular formula is C11H13F4NO. The number of halogens is 4. The molecule has 0 aliphatic carbocycles. The van der Waals surface area contributed by atoms with Crippen LogP contribution in [0.2, 0.25) is 0 Å². The molecule has 0 aliphatic rings. The molecule has 0 saturated heterocycles. The number of hydrogen-bond donors (Lipinski definition) is 2. The van der Waals surface area contributed by atoms with Crippen LogP contribution >= 0.6 is 0 Å². The predicted octanol–water partition coefficient (Wildman–Crippen LogP) is 2.49. The number of aliphatic hydroxyl groups is 1. The molecule has 0 amide bonds. The molecule has 96 valence electrons. The van der Waals surface area contributed by atoms with Crippen molar-refractivity contribution in [2.75, 3.05) is 13.1 Å². The van der Waals surface area contributed by atoms with Crippen LogP contribution < -0.4 is 5.32 Å². The second-order valence-corrected chi connectivity index (χ2v) is 3.56. The molecule has 0 aliphatic heterocycles. The highest BCUT2D eigenvalue weighted by Gasteiger charge is 2.34. The van der Waals surface area contributed by atoms with Crippen LogP contribution in [0.1, 0.15) is 24.2 Å². The second-order valence-electron chi connectivity index (χ2n) is 3.56. The van der Waals surface area contributed by atoms with E-state index in [1.807, 2.05) is 6.92 Å². The smallest absolute Gasteiger partial charge is 0.387 e. The molecule has 1 aromatic carbocycles. The van der Waals surface area contributed by atoms with Crippen molar-refractivity contribution in [1.29, 1.82) is 0 Å². The van der Waals surface area contributed by atoms with Crippen LogP contribution in [0, 0.1) is 5.82 Å². The summed E-state index contributed by atoms with van der Waals surface area (Å²) in [5.41, 5.74) is -1.20. The summed E-state index contributed by atoms with van der Waals surface area (Å²) >= 11 is 0. The number of benzene rings is 1. The van der Waals surface area contributed by atoms with Crippen LogP contribution in [0.3, 0.4) is 0 Å². The van der Waals surface area contributed by atoms with Crippen molar-refractivity contribution in [2.24, 2.45) is 0 Å². The fourth-order valence-electron chi connectivity index (χ4n) is 1.37. The number of hydrogen-bond acceptors (Lipinski definition) is 2. The SMILES string of the molecule is CCNCC(O)c1ccc(C(F)(F)F)c(F)c1. The maximum Gasteiger partial charge on any atom is 0.419 e. The molecule has 1 rings (SSSR count). The van der Waals surface area contributed by atoms with Crippen molar-refractivity contribution in [3.63, 3.8) is 0 Å². The van der Waals surface area contributed by atoms with E-state index in [-0.39, 0.29) is 12.1 Å². The van der Waals surface area contributed by atoms with Crippen LogP contribution in [-0.4, -0.2) is 18.2 Å². The normalized spacial score (nSPS) is 13.8. The van der Waals surface area contributed by atoms with Crippen molar-refractivity contribution in [2.45, 2.75) is 19.2 Å². The predicted molar refractivity (Wildman–Crippen MR) is 54.9 cm³/mol. The average molecular weight is 251 g/mol. The fraction of sp³-hybridized carbons (Fsp3) is 0.455. The van der Waals surface area contributed by atoms with Crippen LogP contribution in [-0.2, 0) is 6.18 Å². The number of alkyl halides is 3. The van der Waals surface area contributed by atoms with E-state index in [2.05, 4.69) is 5.32 Å². The van der Waals surface area contributed by atoms with Gasteiger partial charge in [-0.25, -0.2) is 4.39 Å². The molecule has 0 radical (unpaired) electrons. The lowest BCUT2D eigenvalue weighted by molar-refractivity contribution is -0.140. The summed E-state index contributed by atoms with van der Waals surface area (Å²) in [7, 11) is 0. The minimum Gasteiger partial charge on any atom is -0.387 e. The molecule has 0 spiro atoms. The monoisotopic (exact) mass is 251 g/mol. The summed E-state index contributed by atoms with van der Waals surface area (Å²) < 4.78 is 50.0. The van der Waals surface area contributed by atoms with E-state index < -0.39 is 23.7 Å². The van der Waals surface area contributed by atoms with Crippen LogP contribution in [0.15, 0.2) is 18.2 Å².